The molecule has 0 saturated carbocycles. The molecule has 1 spiro atoms. The fraction of sp³-hybridized carbons (Fsp3) is 0.0769. The molecule has 1 atom stereocenters. The summed E-state index contributed by atoms with van der Waals surface area (Å²) in [5.41, 5.74) is 9.88. The highest BCUT2D eigenvalue weighted by Crippen LogP contribution is 2.48. The van der Waals surface area contributed by atoms with Gasteiger partial charge in [0.2, 0.25) is 12.2 Å². The van der Waals surface area contributed by atoms with Gasteiger partial charge in [-0.05, 0) is 46.0 Å². The third-order valence-corrected chi connectivity index (χ3v) is 7.00. The van der Waals surface area contributed by atoms with E-state index in [-0.39, 0.29) is 17.6 Å². The summed E-state index contributed by atoms with van der Waals surface area (Å²) in [5, 5.41) is 15.1. The molecular formula is C26H18ClN7O2. The predicted molar refractivity (Wildman–Crippen MR) is 135 cm³/mol. The molecule has 1 aliphatic carbocycles. The second-order valence-corrected chi connectivity index (χ2v) is 9.17. The van der Waals surface area contributed by atoms with E-state index in [9.17, 15) is 9.59 Å². The first kappa shape index (κ1) is 20.9. The number of hydrogen-bond acceptors (Lipinski definition) is 7. The highest BCUT2D eigenvalue weighted by atomic mass is 35.5. The summed E-state index contributed by atoms with van der Waals surface area (Å²) in [6.45, 7) is 0. The average Bonchev–Trinajstić information content (AvgIpc) is 3.40. The summed E-state index contributed by atoms with van der Waals surface area (Å²) < 4.78 is 0. The Morgan fingerprint density at radius 1 is 0.889 bits per heavy atom. The smallest absolute Gasteiger partial charge is 0.291 e. The summed E-state index contributed by atoms with van der Waals surface area (Å²) in [5.74, 6) is -0.453. The van der Waals surface area contributed by atoms with Gasteiger partial charge in [0.05, 0.1) is 0 Å². The van der Waals surface area contributed by atoms with Gasteiger partial charge in [-0.1, -0.05) is 78.3 Å². The minimum atomic E-state index is -1.18. The third-order valence-electron chi connectivity index (χ3n) is 6.74. The van der Waals surface area contributed by atoms with Crippen molar-refractivity contribution in [1.82, 2.24) is 26.2 Å². The Morgan fingerprint density at radius 3 is 2.25 bits per heavy atom. The van der Waals surface area contributed by atoms with E-state index in [0.29, 0.717) is 5.02 Å². The largest absolute Gasteiger partial charge is 0.298 e. The van der Waals surface area contributed by atoms with E-state index in [4.69, 9.17) is 11.6 Å². The lowest BCUT2D eigenvalue weighted by Gasteiger charge is -2.43. The lowest BCUT2D eigenvalue weighted by Crippen LogP contribution is -2.73. The first-order valence-corrected chi connectivity index (χ1v) is 11.7. The van der Waals surface area contributed by atoms with Crippen LogP contribution in [-0.2, 0) is 15.1 Å². The van der Waals surface area contributed by atoms with Crippen molar-refractivity contribution in [2.75, 3.05) is 0 Å². The van der Waals surface area contributed by atoms with E-state index in [0.717, 1.165) is 27.8 Å². The van der Waals surface area contributed by atoms with Crippen LogP contribution in [0, 0.1) is 0 Å². The van der Waals surface area contributed by atoms with Crippen molar-refractivity contribution in [1.29, 1.82) is 0 Å². The predicted octanol–water partition coefficient (Wildman–Crippen LogP) is 2.57. The van der Waals surface area contributed by atoms with Gasteiger partial charge in [0, 0.05) is 5.02 Å². The zero-order valence-electron chi connectivity index (χ0n) is 18.6. The number of amides is 2. The fourth-order valence-electron chi connectivity index (χ4n) is 5.08. The topological polar surface area (TPSA) is 101 Å². The number of rotatable bonds is 2. The maximum atomic E-state index is 13.7. The van der Waals surface area contributed by atoms with E-state index < -0.39 is 17.7 Å². The lowest BCUT2D eigenvalue weighted by atomic mass is 9.86. The Morgan fingerprint density at radius 2 is 1.56 bits per heavy atom. The van der Waals surface area contributed by atoms with Crippen molar-refractivity contribution in [2.45, 2.75) is 11.8 Å². The molecule has 0 bridgehead atoms. The number of hydrazone groups is 2. The van der Waals surface area contributed by atoms with Crippen LogP contribution >= 0.6 is 11.6 Å². The summed E-state index contributed by atoms with van der Waals surface area (Å²) in [4.78, 5) is 26.9. The van der Waals surface area contributed by atoms with Crippen molar-refractivity contribution < 1.29 is 9.59 Å². The van der Waals surface area contributed by atoms with Crippen LogP contribution in [0.2, 0.25) is 5.02 Å². The van der Waals surface area contributed by atoms with Crippen LogP contribution in [0.15, 0.2) is 89.1 Å². The van der Waals surface area contributed by atoms with E-state index in [2.05, 4.69) is 26.4 Å². The van der Waals surface area contributed by atoms with Gasteiger partial charge in [-0.25, -0.2) is 10.4 Å². The van der Waals surface area contributed by atoms with Crippen molar-refractivity contribution in [2.24, 2.45) is 10.2 Å². The number of fused-ring (bicyclic) bond motifs is 8. The molecule has 0 aromatic heterocycles. The van der Waals surface area contributed by atoms with Gasteiger partial charge in [0.15, 0.2) is 5.54 Å². The second-order valence-electron chi connectivity index (χ2n) is 8.74. The highest BCUT2D eigenvalue weighted by Gasteiger charge is 2.57. The quantitative estimate of drug-likeness (QED) is 0.507. The maximum Gasteiger partial charge on any atom is 0.298 e. The molecule has 3 N–H and O–H groups in total. The van der Waals surface area contributed by atoms with E-state index in [1.807, 2.05) is 60.7 Å². The molecule has 9 nitrogen and oxygen atoms in total. The summed E-state index contributed by atoms with van der Waals surface area (Å²) in [6, 6.07) is 22.8. The SMILES string of the molecule is O=C1C(/C=C/c2ccc(Cl)cc2)=NN[C@H]2N1N=C1NC(=O)C3(NN12)c1ccccc1-c1ccccc13. The number of nitrogens with one attached hydrogen (secondary N) is 3. The number of carbonyl (C=O) groups is 2. The molecule has 3 aliphatic heterocycles. The van der Waals surface area contributed by atoms with Gasteiger partial charge in [-0.15, -0.1) is 5.10 Å². The molecule has 3 heterocycles. The molecule has 0 radical (unpaired) electrons. The molecule has 3 aromatic carbocycles. The summed E-state index contributed by atoms with van der Waals surface area (Å²) in [7, 11) is 0. The molecule has 3 aromatic rings. The third kappa shape index (κ3) is 2.81. The van der Waals surface area contributed by atoms with Crippen LogP contribution in [0.3, 0.4) is 0 Å². The molecular weight excluding hydrogens is 478 g/mol. The Kier molecular flexibility index (Phi) is 4.35. The number of carbonyl (C=O) groups excluding carboxylic acids is 2. The first-order valence-electron chi connectivity index (χ1n) is 11.3. The maximum absolute atomic E-state index is 13.7. The average molecular weight is 496 g/mol. The fourth-order valence-corrected chi connectivity index (χ4v) is 5.20. The van der Waals surface area contributed by atoms with Gasteiger partial charge in [-0.2, -0.15) is 10.1 Å². The first-order chi connectivity index (χ1) is 17.6. The summed E-state index contributed by atoms with van der Waals surface area (Å²) >= 11 is 5.94. The molecule has 176 valence electrons. The normalized spacial score (nSPS) is 20.9. The van der Waals surface area contributed by atoms with E-state index in [1.54, 1.807) is 29.3 Å². The van der Waals surface area contributed by atoms with E-state index in [1.165, 1.54) is 5.01 Å². The zero-order chi connectivity index (χ0) is 24.4. The Labute approximate surface area is 210 Å². The number of benzene rings is 3. The second kappa shape index (κ2) is 7.51. The Bertz CT molecular complexity index is 1500. The van der Waals surface area contributed by atoms with Crippen LogP contribution in [0.1, 0.15) is 16.7 Å². The summed E-state index contributed by atoms with van der Waals surface area (Å²) in [6.07, 6.45) is 2.63. The number of halogens is 1. The van der Waals surface area contributed by atoms with E-state index >= 15 is 0 Å². The van der Waals surface area contributed by atoms with Gasteiger partial charge < -0.3 is 0 Å². The van der Waals surface area contributed by atoms with Crippen molar-refractivity contribution in [3.8, 4) is 11.1 Å². The van der Waals surface area contributed by atoms with Crippen LogP contribution in [0.5, 0.6) is 0 Å². The van der Waals surface area contributed by atoms with Crippen LogP contribution in [0.4, 0.5) is 0 Å². The lowest BCUT2D eigenvalue weighted by molar-refractivity contribution is -0.134. The Hall–Kier alpha value is -4.47. The van der Waals surface area contributed by atoms with Crippen molar-refractivity contribution in [3.63, 3.8) is 0 Å². The van der Waals surface area contributed by atoms with Crippen molar-refractivity contribution in [3.05, 3.63) is 101 Å². The van der Waals surface area contributed by atoms with Gasteiger partial charge in [-0.3, -0.25) is 20.3 Å². The minimum Gasteiger partial charge on any atom is -0.291 e. The van der Waals surface area contributed by atoms with Gasteiger partial charge in [0.1, 0.15) is 5.71 Å². The van der Waals surface area contributed by atoms with Gasteiger partial charge >= 0.3 is 0 Å². The number of nitrogens with zero attached hydrogens (tertiary/aromatic N) is 4. The molecule has 1 fully saturated rings. The minimum absolute atomic E-state index is 0.183. The molecule has 0 unspecified atom stereocenters. The standard InChI is InChI=1S/C26H18ClN7O2/c27-16-12-9-15(10-13-16)11-14-21-22(35)33-25(30-29-21)34-24(31-33)28-23(36)26(32-34)19-7-3-1-5-17(19)18-6-2-4-8-20(18)26/h1-14,25,30,32H,(H,28,31,36)/b14-11+/t25-/m0/s1. The molecule has 4 aliphatic rings. The molecule has 36 heavy (non-hydrogen) atoms. The monoisotopic (exact) mass is 495 g/mol. The van der Waals surface area contributed by atoms with Crippen LogP contribution in [0.25, 0.3) is 17.2 Å². The molecule has 7 rings (SSSR count). The van der Waals surface area contributed by atoms with Crippen LogP contribution < -0.4 is 16.2 Å². The molecule has 1 saturated heterocycles. The van der Waals surface area contributed by atoms with Gasteiger partial charge in [0.25, 0.3) is 11.8 Å². The Balaban J connectivity index is 1.23. The zero-order valence-corrected chi connectivity index (χ0v) is 19.4. The number of hydrogen-bond donors (Lipinski definition) is 3. The van der Waals surface area contributed by atoms with Crippen molar-refractivity contribution >= 4 is 41.2 Å². The molecule has 10 heteroatoms. The molecule has 2 amide bonds. The number of guanidine groups is 1. The number of hydrazine groups is 1. The highest BCUT2D eigenvalue weighted by molar-refractivity contribution is 6.44. The van der Waals surface area contributed by atoms with Crippen LogP contribution in [-0.4, -0.2) is 39.8 Å².